The maximum absolute atomic E-state index is 11.3. The Morgan fingerprint density at radius 2 is 2.44 bits per heavy atom. The van der Waals surface area contributed by atoms with Crippen LogP contribution >= 0.6 is 11.3 Å². The predicted octanol–water partition coefficient (Wildman–Crippen LogP) is 1.14. The molecule has 0 atom stereocenters. The largest absolute Gasteiger partial charge is 0.364 e. The fourth-order valence-electron chi connectivity index (χ4n) is 1.22. The van der Waals surface area contributed by atoms with Crippen molar-refractivity contribution in [1.29, 1.82) is 0 Å². The summed E-state index contributed by atoms with van der Waals surface area (Å²) >= 11 is 1.35. The van der Waals surface area contributed by atoms with Crippen LogP contribution in [0.3, 0.4) is 0 Å². The van der Waals surface area contributed by atoms with Gasteiger partial charge in [-0.2, -0.15) is 20.0 Å². The highest BCUT2D eigenvalue weighted by atomic mass is 32.1. The van der Waals surface area contributed by atoms with Crippen LogP contribution in [0.25, 0.3) is 5.13 Å². The van der Waals surface area contributed by atoms with E-state index in [1.165, 1.54) is 29.3 Å². The van der Waals surface area contributed by atoms with Crippen LogP contribution in [0.2, 0.25) is 0 Å². The number of nitrogens with two attached hydrogens (primary N) is 1. The van der Waals surface area contributed by atoms with Crippen molar-refractivity contribution in [2.75, 3.05) is 7.05 Å². The van der Waals surface area contributed by atoms with Gasteiger partial charge in [0.15, 0.2) is 5.69 Å². The molecule has 0 unspecified atom stereocenters. The molecule has 0 spiro atoms. The summed E-state index contributed by atoms with van der Waals surface area (Å²) in [5.74, 6) is -0.616. The molecule has 0 aliphatic heterocycles. The van der Waals surface area contributed by atoms with Crippen molar-refractivity contribution in [1.82, 2.24) is 14.8 Å². The molecular weight excluding hydrogens is 228 g/mol. The Kier molecular flexibility index (Phi) is 2.73. The van der Waals surface area contributed by atoms with E-state index in [4.69, 9.17) is 5.73 Å². The Morgan fingerprint density at radius 3 is 3.00 bits per heavy atom. The number of amides is 1. The molecule has 0 aliphatic carbocycles. The SMILES string of the molecule is CN=Nc1cnn(-c2nccs2)c1C(N)=O. The molecule has 0 bridgehead atoms. The maximum Gasteiger partial charge on any atom is 0.269 e. The molecule has 0 saturated heterocycles. The number of aromatic nitrogens is 3. The van der Waals surface area contributed by atoms with E-state index in [0.29, 0.717) is 10.8 Å². The van der Waals surface area contributed by atoms with E-state index in [0.717, 1.165) is 0 Å². The number of hydrogen-bond donors (Lipinski definition) is 1. The highest BCUT2D eigenvalue weighted by molar-refractivity contribution is 7.12. The summed E-state index contributed by atoms with van der Waals surface area (Å²) < 4.78 is 1.36. The molecule has 2 aromatic rings. The van der Waals surface area contributed by atoms with Gasteiger partial charge in [0, 0.05) is 18.6 Å². The van der Waals surface area contributed by atoms with Crippen molar-refractivity contribution in [3.63, 3.8) is 0 Å². The monoisotopic (exact) mass is 236 g/mol. The lowest BCUT2D eigenvalue weighted by atomic mass is 10.3. The van der Waals surface area contributed by atoms with Crippen LogP contribution in [0.15, 0.2) is 28.0 Å². The van der Waals surface area contributed by atoms with E-state index in [1.807, 2.05) is 0 Å². The normalized spacial score (nSPS) is 11.1. The number of rotatable bonds is 3. The van der Waals surface area contributed by atoms with Gasteiger partial charge < -0.3 is 5.73 Å². The molecule has 0 fully saturated rings. The van der Waals surface area contributed by atoms with Crippen LogP contribution in [0.5, 0.6) is 0 Å². The molecule has 1 amide bonds. The molecular formula is C8H8N6OS. The van der Waals surface area contributed by atoms with E-state index in [-0.39, 0.29) is 5.69 Å². The number of nitrogens with zero attached hydrogens (tertiary/aromatic N) is 5. The van der Waals surface area contributed by atoms with Gasteiger partial charge in [-0.15, -0.1) is 11.3 Å². The molecule has 82 valence electrons. The number of carbonyl (C=O) groups is 1. The fraction of sp³-hybridized carbons (Fsp3) is 0.125. The van der Waals surface area contributed by atoms with E-state index < -0.39 is 5.91 Å². The number of azo groups is 1. The van der Waals surface area contributed by atoms with Crippen LogP contribution in [-0.2, 0) is 0 Å². The summed E-state index contributed by atoms with van der Waals surface area (Å²) in [6.07, 6.45) is 3.04. The molecule has 16 heavy (non-hydrogen) atoms. The van der Waals surface area contributed by atoms with Crippen LogP contribution < -0.4 is 5.73 Å². The van der Waals surface area contributed by atoms with Crippen LogP contribution in [-0.4, -0.2) is 27.7 Å². The molecule has 8 heteroatoms. The molecule has 0 radical (unpaired) electrons. The van der Waals surface area contributed by atoms with Gasteiger partial charge in [0.2, 0.25) is 5.13 Å². The summed E-state index contributed by atoms with van der Waals surface area (Å²) in [5.41, 5.74) is 5.79. The zero-order valence-corrected chi connectivity index (χ0v) is 9.18. The first-order chi connectivity index (χ1) is 7.74. The van der Waals surface area contributed by atoms with Crippen molar-refractivity contribution < 1.29 is 4.79 Å². The van der Waals surface area contributed by atoms with E-state index in [2.05, 4.69) is 20.3 Å². The minimum Gasteiger partial charge on any atom is -0.364 e. The van der Waals surface area contributed by atoms with Gasteiger partial charge in [-0.25, -0.2) is 4.98 Å². The standard InChI is InChI=1S/C8H8N6OS/c1-10-13-5-4-12-14(6(5)7(9)15)8-11-2-3-16-8/h2-4H,1H3,(H2,9,15). The summed E-state index contributed by atoms with van der Waals surface area (Å²) in [7, 11) is 1.51. The highest BCUT2D eigenvalue weighted by Gasteiger charge is 2.18. The third-order valence-electron chi connectivity index (χ3n) is 1.79. The van der Waals surface area contributed by atoms with Crippen molar-refractivity contribution in [3.8, 4) is 5.13 Å². The minimum atomic E-state index is -0.616. The Morgan fingerprint density at radius 1 is 1.62 bits per heavy atom. The highest BCUT2D eigenvalue weighted by Crippen LogP contribution is 2.22. The first kappa shape index (κ1) is 10.4. The Balaban J connectivity index is 2.59. The smallest absolute Gasteiger partial charge is 0.269 e. The van der Waals surface area contributed by atoms with Crippen molar-refractivity contribution in [2.24, 2.45) is 16.0 Å². The van der Waals surface area contributed by atoms with Gasteiger partial charge in [0.1, 0.15) is 5.69 Å². The summed E-state index contributed by atoms with van der Waals surface area (Å²) in [6.45, 7) is 0. The molecule has 0 saturated carbocycles. The number of carbonyl (C=O) groups excluding carboxylic acids is 1. The molecule has 2 heterocycles. The lowest BCUT2D eigenvalue weighted by molar-refractivity contribution is 0.0993. The second-order valence-corrected chi connectivity index (χ2v) is 3.64. The maximum atomic E-state index is 11.3. The lowest BCUT2D eigenvalue weighted by Crippen LogP contribution is -2.16. The molecule has 2 aromatic heterocycles. The fourth-order valence-corrected chi connectivity index (χ4v) is 1.82. The van der Waals surface area contributed by atoms with E-state index >= 15 is 0 Å². The van der Waals surface area contributed by atoms with Gasteiger partial charge in [-0.05, 0) is 0 Å². The van der Waals surface area contributed by atoms with Crippen LogP contribution in [0.1, 0.15) is 10.5 Å². The number of primary amides is 1. The van der Waals surface area contributed by atoms with Gasteiger partial charge in [-0.1, -0.05) is 0 Å². The summed E-state index contributed by atoms with van der Waals surface area (Å²) in [6, 6.07) is 0. The average Bonchev–Trinajstić information content (AvgIpc) is 2.83. The predicted molar refractivity (Wildman–Crippen MR) is 58.2 cm³/mol. The Bertz CT molecular complexity index is 529. The Hall–Kier alpha value is -2.09. The van der Waals surface area contributed by atoms with Crippen molar-refractivity contribution >= 4 is 22.9 Å². The quantitative estimate of drug-likeness (QED) is 0.809. The average molecular weight is 236 g/mol. The van der Waals surface area contributed by atoms with Crippen LogP contribution in [0, 0.1) is 0 Å². The molecule has 0 aromatic carbocycles. The topological polar surface area (TPSA) is 98.5 Å². The lowest BCUT2D eigenvalue weighted by Gasteiger charge is -1.99. The number of hydrogen-bond acceptors (Lipinski definition) is 6. The van der Waals surface area contributed by atoms with Crippen molar-refractivity contribution in [3.05, 3.63) is 23.5 Å². The second kappa shape index (κ2) is 4.19. The second-order valence-electron chi connectivity index (χ2n) is 2.77. The Labute approximate surface area is 94.6 Å². The van der Waals surface area contributed by atoms with Gasteiger partial charge in [0.25, 0.3) is 5.91 Å². The zero-order valence-electron chi connectivity index (χ0n) is 8.36. The third kappa shape index (κ3) is 1.70. The van der Waals surface area contributed by atoms with Crippen molar-refractivity contribution in [2.45, 2.75) is 0 Å². The molecule has 7 nitrogen and oxygen atoms in total. The molecule has 2 rings (SSSR count). The van der Waals surface area contributed by atoms with E-state index in [1.54, 1.807) is 11.6 Å². The van der Waals surface area contributed by atoms with E-state index in [9.17, 15) is 4.79 Å². The summed E-state index contributed by atoms with van der Waals surface area (Å²) in [5, 5.41) is 13.7. The zero-order chi connectivity index (χ0) is 11.5. The van der Waals surface area contributed by atoms with Gasteiger partial charge in [0.05, 0.1) is 6.20 Å². The summed E-state index contributed by atoms with van der Waals surface area (Å²) in [4.78, 5) is 15.4. The first-order valence-electron chi connectivity index (χ1n) is 4.31. The minimum absolute atomic E-state index is 0.181. The van der Waals surface area contributed by atoms with Gasteiger partial charge >= 0.3 is 0 Å². The first-order valence-corrected chi connectivity index (χ1v) is 5.19. The molecule has 2 N–H and O–H groups in total. The number of thiazole rings is 1. The van der Waals surface area contributed by atoms with Gasteiger partial charge in [-0.3, -0.25) is 4.79 Å². The molecule has 0 aliphatic rings. The third-order valence-corrected chi connectivity index (χ3v) is 2.54. The van der Waals surface area contributed by atoms with Crippen LogP contribution in [0.4, 0.5) is 5.69 Å².